The van der Waals surface area contributed by atoms with Crippen LogP contribution in [0.3, 0.4) is 0 Å². The van der Waals surface area contributed by atoms with Gasteiger partial charge in [-0.2, -0.15) is 0 Å². The largest absolute Gasteiger partial charge is 0.480 e. The third-order valence-electron chi connectivity index (χ3n) is 2.06. The van der Waals surface area contributed by atoms with E-state index in [1.807, 2.05) is 20.8 Å². The minimum atomic E-state index is -1.02. The smallest absolute Gasteiger partial charge is 0.325 e. The lowest BCUT2D eigenvalue weighted by Crippen LogP contribution is -2.49. The molecular formula is C10H20N2O3. The molecule has 0 bridgehead atoms. The Labute approximate surface area is 90.5 Å². The molecule has 2 N–H and O–H groups in total. The molecule has 0 rings (SSSR count). The summed E-state index contributed by atoms with van der Waals surface area (Å²) in [5.74, 6) is -1.02. The third kappa shape index (κ3) is 4.67. The highest BCUT2D eigenvalue weighted by molar-refractivity contribution is 5.82. The van der Waals surface area contributed by atoms with Crippen LogP contribution in [0.1, 0.15) is 34.1 Å². The number of carboxylic acid groups (broad SMARTS) is 1. The van der Waals surface area contributed by atoms with Crippen molar-refractivity contribution in [2.24, 2.45) is 0 Å². The van der Waals surface area contributed by atoms with Crippen LogP contribution in [-0.4, -0.2) is 40.6 Å². The zero-order chi connectivity index (χ0) is 12.0. The number of carboxylic acids is 1. The molecule has 0 radical (unpaired) electrons. The molecule has 0 unspecified atom stereocenters. The summed E-state index contributed by atoms with van der Waals surface area (Å²) >= 11 is 0. The van der Waals surface area contributed by atoms with Crippen molar-refractivity contribution in [1.29, 1.82) is 0 Å². The fourth-order valence-electron chi connectivity index (χ4n) is 1.17. The molecule has 0 spiro atoms. The third-order valence-corrected chi connectivity index (χ3v) is 2.06. The van der Waals surface area contributed by atoms with Gasteiger partial charge in [0.2, 0.25) is 0 Å². The van der Waals surface area contributed by atoms with Crippen molar-refractivity contribution in [3.63, 3.8) is 0 Å². The van der Waals surface area contributed by atoms with E-state index in [0.717, 1.165) is 6.42 Å². The maximum Gasteiger partial charge on any atom is 0.325 e. The van der Waals surface area contributed by atoms with Crippen LogP contribution in [0.2, 0.25) is 0 Å². The van der Waals surface area contributed by atoms with E-state index in [1.165, 1.54) is 6.92 Å². The van der Waals surface area contributed by atoms with Crippen LogP contribution in [0.5, 0.6) is 0 Å². The average Bonchev–Trinajstić information content (AvgIpc) is 2.12. The van der Waals surface area contributed by atoms with E-state index in [4.69, 9.17) is 5.11 Å². The Morgan fingerprint density at radius 1 is 1.33 bits per heavy atom. The van der Waals surface area contributed by atoms with Gasteiger partial charge in [-0.25, -0.2) is 4.79 Å². The first-order chi connectivity index (χ1) is 6.90. The minimum absolute atomic E-state index is 0.0749. The summed E-state index contributed by atoms with van der Waals surface area (Å²) in [6.07, 6.45) is 0.854. The lowest BCUT2D eigenvalue weighted by Gasteiger charge is -2.27. The Balaban J connectivity index is 4.32. The van der Waals surface area contributed by atoms with Gasteiger partial charge in [0.05, 0.1) is 0 Å². The summed E-state index contributed by atoms with van der Waals surface area (Å²) in [6.45, 7) is 7.87. The van der Waals surface area contributed by atoms with Crippen molar-refractivity contribution in [3.8, 4) is 0 Å². The van der Waals surface area contributed by atoms with Gasteiger partial charge in [0.15, 0.2) is 0 Å². The van der Waals surface area contributed by atoms with Crippen molar-refractivity contribution < 1.29 is 14.7 Å². The van der Waals surface area contributed by atoms with E-state index in [-0.39, 0.29) is 12.1 Å². The van der Waals surface area contributed by atoms with Gasteiger partial charge in [0.1, 0.15) is 6.04 Å². The molecular weight excluding hydrogens is 196 g/mol. The number of rotatable bonds is 5. The van der Waals surface area contributed by atoms with Crippen LogP contribution in [0, 0.1) is 0 Å². The summed E-state index contributed by atoms with van der Waals surface area (Å²) < 4.78 is 0. The van der Waals surface area contributed by atoms with Crippen LogP contribution in [-0.2, 0) is 4.79 Å². The van der Waals surface area contributed by atoms with E-state index in [2.05, 4.69) is 5.32 Å². The number of urea groups is 1. The highest BCUT2D eigenvalue weighted by atomic mass is 16.4. The average molecular weight is 216 g/mol. The molecule has 0 aliphatic rings. The van der Waals surface area contributed by atoms with Crippen LogP contribution in [0.15, 0.2) is 0 Å². The number of nitrogens with zero attached hydrogens (tertiary/aromatic N) is 1. The van der Waals surface area contributed by atoms with Gasteiger partial charge in [0, 0.05) is 12.6 Å². The number of nitrogens with one attached hydrogen (secondary N) is 1. The van der Waals surface area contributed by atoms with E-state index in [1.54, 1.807) is 4.90 Å². The lowest BCUT2D eigenvalue weighted by atomic mass is 10.3. The SMILES string of the molecule is CCCN(C(=O)N[C@@H](C)C(=O)O)C(C)C. The number of carbonyl (C=O) groups excluding carboxylic acids is 1. The molecule has 0 fully saturated rings. The van der Waals surface area contributed by atoms with Gasteiger partial charge < -0.3 is 15.3 Å². The summed E-state index contributed by atoms with van der Waals surface area (Å²) in [7, 11) is 0. The number of hydrogen-bond acceptors (Lipinski definition) is 2. The molecule has 88 valence electrons. The van der Waals surface area contributed by atoms with Crippen molar-refractivity contribution in [1.82, 2.24) is 10.2 Å². The molecule has 0 aliphatic carbocycles. The Morgan fingerprint density at radius 2 is 1.87 bits per heavy atom. The van der Waals surface area contributed by atoms with E-state index in [0.29, 0.717) is 6.54 Å². The molecule has 0 saturated carbocycles. The first-order valence-corrected chi connectivity index (χ1v) is 5.20. The first-order valence-electron chi connectivity index (χ1n) is 5.20. The van der Waals surface area contributed by atoms with E-state index in [9.17, 15) is 9.59 Å². The molecule has 5 nitrogen and oxygen atoms in total. The molecule has 0 heterocycles. The monoisotopic (exact) mass is 216 g/mol. The maximum atomic E-state index is 11.6. The summed E-state index contributed by atoms with van der Waals surface area (Å²) in [4.78, 5) is 23.8. The molecule has 0 aromatic carbocycles. The molecule has 0 aromatic rings. The molecule has 0 aliphatic heterocycles. The minimum Gasteiger partial charge on any atom is -0.480 e. The van der Waals surface area contributed by atoms with Crippen molar-refractivity contribution in [2.75, 3.05) is 6.54 Å². The normalized spacial score (nSPS) is 12.3. The number of carbonyl (C=O) groups is 2. The van der Waals surface area contributed by atoms with Gasteiger partial charge >= 0.3 is 12.0 Å². The molecule has 0 aromatic heterocycles. The van der Waals surface area contributed by atoms with Gasteiger partial charge in [-0.15, -0.1) is 0 Å². The van der Waals surface area contributed by atoms with Gasteiger partial charge in [-0.05, 0) is 27.2 Å². The van der Waals surface area contributed by atoms with Crippen LogP contribution >= 0.6 is 0 Å². The predicted octanol–water partition coefficient (Wildman–Crippen LogP) is 1.29. The van der Waals surface area contributed by atoms with Crippen LogP contribution < -0.4 is 5.32 Å². The fraction of sp³-hybridized carbons (Fsp3) is 0.800. The Hall–Kier alpha value is -1.26. The Morgan fingerprint density at radius 3 is 2.20 bits per heavy atom. The second-order valence-corrected chi connectivity index (χ2v) is 3.80. The van der Waals surface area contributed by atoms with Crippen LogP contribution in [0.4, 0.5) is 4.79 Å². The Bertz CT molecular complexity index is 229. The van der Waals surface area contributed by atoms with E-state index >= 15 is 0 Å². The summed E-state index contributed by atoms with van der Waals surface area (Å²) in [5, 5.41) is 11.1. The molecule has 2 amide bonds. The van der Waals surface area contributed by atoms with E-state index < -0.39 is 12.0 Å². The number of hydrogen-bond donors (Lipinski definition) is 2. The van der Waals surface area contributed by atoms with Gasteiger partial charge in [-0.3, -0.25) is 4.79 Å². The van der Waals surface area contributed by atoms with Crippen LogP contribution in [0.25, 0.3) is 0 Å². The quantitative estimate of drug-likeness (QED) is 0.727. The second kappa shape index (κ2) is 6.27. The molecule has 5 heteroatoms. The van der Waals surface area contributed by atoms with Crippen molar-refractivity contribution in [2.45, 2.75) is 46.2 Å². The Kier molecular flexibility index (Phi) is 5.74. The van der Waals surface area contributed by atoms with Crippen molar-refractivity contribution in [3.05, 3.63) is 0 Å². The first kappa shape index (κ1) is 13.7. The standard InChI is InChI=1S/C10H20N2O3/c1-5-6-12(7(2)3)10(15)11-8(4)9(13)14/h7-8H,5-6H2,1-4H3,(H,11,15)(H,13,14)/t8-/m0/s1. The highest BCUT2D eigenvalue weighted by Crippen LogP contribution is 2.00. The fourth-order valence-corrected chi connectivity index (χ4v) is 1.17. The van der Waals surface area contributed by atoms with Gasteiger partial charge in [-0.1, -0.05) is 6.92 Å². The summed E-state index contributed by atoms with van der Waals surface area (Å²) in [5.41, 5.74) is 0. The number of aliphatic carboxylic acids is 1. The number of amides is 2. The molecule has 1 atom stereocenters. The second-order valence-electron chi connectivity index (χ2n) is 3.80. The zero-order valence-electron chi connectivity index (χ0n) is 9.78. The maximum absolute atomic E-state index is 11.6. The van der Waals surface area contributed by atoms with Crippen molar-refractivity contribution >= 4 is 12.0 Å². The van der Waals surface area contributed by atoms with Gasteiger partial charge in [0.25, 0.3) is 0 Å². The molecule has 0 saturated heterocycles. The molecule has 15 heavy (non-hydrogen) atoms. The highest BCUT2D eigenvalue weighted by Gasteiger charge is 2.20. The topological polar surface area (TPSA) is 69.6 Å². The lowest BCUT2D eigenvalue weighted by molar-refractivity contribution is -0.138. The summed E-state index contributed by atoms with van der Waals surface area (Å²) in [6, 6.07) is -1.09. The zero-order valence-corrected chi connectivity index (χ0v) is 9.78. The predicted molar refractivity (Wildman–Crippen MR) is 57.8 cm³/mol.